The van der Waals surface area contributed by atoms with Crippen LogP contribution < -0.4 is 0 Å². The molecule has 0 aliphatic heterocycles. The SMILES string of the molecule is CCCCCCCCC(OC(=O)c1ccccc1)C(F)(F)C(F)(F)F. The maximum absolute atomic E-state index is 13.7. The molecule has 1 atom stereocenters. The summed E-state index contributed by atoms with van der Waals surface area (Å²) in [5, 5.41) is 0. The number of halogens is 5. The van der Waals surface area contributed by atoms with Crippen LogP contribution in [0.2, 0.25) is 0 Å². The summed E-state index contributed by atoms with van der Waals surface area (Å²) < 4.78 is 70.0. The molecule has 0 aromatic heterocycles. The first kappa shape index (κ1) is 21.4. The van der Waals surface area contributed by atoms with Crippen LogP contribution in [0.25, 0.3) is 0 Å². The Balaban J connectivity index is 2.73. The van der Waals surface area contributed by atoms with Crippen molar-refractivity contribution in [3.63, 3.8) is 0 Å². The van der Waals surface area contributed by atoms with Gasteiger partial charge in [-0.05, 0) is 25.0 Å². The van der Waals surface area contributed by atoms with Gasteiger partial charge in [-0.15, -0.1) is 0 Å². The lowest BCUT2D eigenvalue weighted by atomic mass is 10.0. The average Bonchev–Trinajstić information content (AvgIpc) is 2.56. The minimum atomic E-state index is -5.77. The fraction of sp³-hybridized carbons (Fsp3) is 0.611. The molecule has 25 heavy (non-hydrogen) atoms. The van der Waals surface area contributed by atoms with Crippen molar-refractivity contribution in [2.45, 2.75) is 70.1 Å². The maximum Gasteiger partial charge on any atom is 0.457 e. The van der Waals surface area contributed by atoms with Gasteiger partial charge in [0.2, 0.25) is 0 Å². The Morgan fingerprint density at radius 3 is 2.08 bits per heavy atom. The van der Waals surface area contributed by atoms with Crippen LogP contribution in [0.4, 0.5) is 22.0 Å². The molecule has 0 amide bonds. The Kier molecular flexibility index (Phi) is 8.32. The molecule has 2 nitrogen and oxygen atoms in total. The molecule has 0 saturated carbocycles. The average molecular weight is 366 g/mol. The molecular formula is C18H23F5O2. The van der Waals surface area contributed by atoms with Gasteiger partial charge in [0.1, 0.15) is 0 Å². The van der Waals surface area contributed by atoms with E-state index in [2.05, 4.69) is 4.74 Å². The number of rotatable bonds is 10. The lowest BCUT2D eigenvalue weighted by molar-refractivity contribution is -0.312. The zero-order valence-electron chi connectivity index (χ0n) is 14.1. The van der Waals surface area contributed by atoms with Crippen molar-refractivity contribution >= 4 is 5.97 Å². The molecule has 142 valence electrons. The highest BCUT2D eigenvalue weighted by Crippen LogP contribution is 2.41. The smallest absolute Gasteiger partial charge is 0.452 e. The number of alkyl halides is 5. The zero-order chi connectivity index (χ0) is 18.9. The fourth-order valence-electron chi connectivity index (χ4n) is 2.38. The van der Waals surface area contributed by atoms with Gasteiger partial charge in [-0.25, -0.2) is 4.79 Å². The van der Waals surface area contributed by atoms with Crippen LogP contribution >= 0.6 is 0 Å². The highest BCUT2D eigenvalue weighted by Gasteiger charge is 2.63. The van der Waals surface area contributed by atoms with Crippen LogP contribution in [0.5, 0.6) is 0 Å². The monoisotopic (exact) mass is 366 g/mol. The van der Waals surface area contributed by atoms with E-state index in [4.69, 9.17) is 0 Å². The summed E-state index contributed by atoms with van der Waals surface area (Å²) in [6.45, 7) is 2.02. The van der Waals surface area contributed by atoms with E-state index in [1.165, 1.54) is 24.3 Å². The van der Waals surface area contributed by atoms with Crippen molar-refractivity contribution < 1.29 is 31.5 Å². The predicted molar refractivity (Wildman–Crippen MR) is 84.6 cm³/mol. The number of hydrogen-bond donors (Lipinski definition) is 0. The first-order valence-electron chi connectivity index (χ1n) is 8.40. The molecule has 1 aromatic rings. The van der Waals surface area contributed by atoms with E-state index in [1.54, 1.807) is 6.07 Å². The van der Waals surface area contributed by atoms with Crippen LogP contribution in [-0.2, 0) is 4.74 Å². The molecule has 0 aliphatic rings. The first-order valence-corrected chi connectivity index (χ1v) is 8.40. The molecule has 0 N–H and O–H groups in total. The molecule has 0 aliphatic carbocycles. The second-order valence-electron chi connectivity index (χ2n) is 5.94. The highest BCUT2D eigenvalue weighted by molar-refractivity contribution is 5.89. The highest BCUT2D eigenvalue weighted by atomic mass is 19.4. The molecule has 1 aromatic carbocycles. The lowest BCUT2D eigenvalue weighted by Crippen LogP contribution is -2.49. The molecule has 1 rings (SSSR count). The van der Waals surface area contributed by atoms with Gasteiger partial charge >= 0.3 is 18.1 Å². The van der Waals surface area contributed by atoms with Gasteiger partial charge in [0.05, 0.1) is 5.56 Å². The summed E-state index contributed by atoms with van der Waals surface area (Å²) in [7, 11) is 0. The third-order valence-corrected chi connectivity index (χ3v) is 3.86. The maximum atomic E-state index is 13.7. The van der Waals surface area contributed by atoms with Crippen LogP contribution in [0.3, 0.4) is 0 Å². The second-order valence-corrected chi connectivity index (χ2v) is 5.94. The summed E-state index contributed by atoms with van der Waals surface area (Å²) in [6, 6.07) is 7.14. The topological polar surface area (TPSA) is 26.3 Å². The fourth-order valence-corrected chi connectivity index (χ4v) is 2.38. The van der Waals surface area contributed by atoms with Gasteiger partial charge in [-0.2, -0.15) is 22.0 Å². The van der Waals surface area contributed by atoms with Crippen LogP contribution in [-0.4, -0.2) is 24.2 Å². The number of carbonyl (C=O) groups excluding carboxylic acids is 1. The van der Waals surface area contributed by atoms with E-state index in [0.29, 0.717) is 6.42 Å². The van der Waals surface area contributed by atoms with Gasteiger partial charge in [0.25, 0.3) is 0 Å². The van der Waals surface area contributed by atoms with E-state index in [1.807, 2.05) is 6.92 Å². The number of benzene rings is 1. The van der Waals surface area contributed by atoms with Crippen LogP contribution in [0, 0.1) is 0 Å². The minimum absolute atomic E-state index is 0.0616. The largest absolute Gasteiger partial charge is 0.457 e. The molecule has 0 saturated heterocycles. The lowest BCUT2D eigenvalue weighted by Gasteiger charge is -2.28. The molecule has 0 bridgehead atoms. The van der Waals surface area contributed by atoms with Crippen molar-refractivity contribution in [2.75, 3.05) is 0 Å². The Labute approximate surface area is 144 Å². The molecule has 1 unspecified atom stereocenters. The number of esters is 1. The third-order valence-electron chi connectivity index (χ3n) is 3.86. The van der Waals surface area contributed by atoms with Crippen molar-refractivity contribution in [3.8, 4) is 0 Å². The van der Waals surface area contributed by atoms with Gasteiger partial charge in [-0.3, -0.25) is 0 Å². The van der Waals surface area contributed by atoms with E-state index < -0.39 is 30.6 Å². The summed E-state index contributed by atoms with van der Waals surface area (Å²) in [5.74, 6) is -6.26. The normalized spacial score (nSPS) is 13.5. The van der Waals surface area contributed by atoms with E-state index >= 15 is 0 Å². The van der Waals surface area contributed by atoms with Crippen LogP contribution in [0.15, 0.2) is 30.3 Å². The van der Waals surface area contributed by atoms with Crippen molar-refractivity contribution in [3.05, 3.63) is 35.9 Å². The van der Waals surface area contributed by atoms with Crippen molar-refractivity contribution in [1.29, 1.82) is 0 Å². The number of unbranched alkanes of at least 4 members (excludes halogenated alkanes) is 5. The van der Waals surface area contributed by atoms with Gasteiger partial charge in [-0.1, -0.05) is 57.2 Å². The Hall–Kier alpha value is -1.66. The summed E-state index contributed by atoms with van der Waals surface area (Å²) in [5.41, 5.74) is -0.0616. The number of carbonyl (C=O) groups is 1. The van der Waals surface area contributed by atoms with Crippen molar-refractivity contribution in [2.24, 2.45) is 0 Å². The number of hydrogen-bond acceptors (Lipinski definition) is 2. The van der Waals surface area contributed by atoms with Crippen molar-refractivity contribution in [1.82, 2.24) is 0 Å². The van der Waals surface area contributed by atoms with Gasteiger partial charge in [0, 0.05) is 0 Å². The second kappa shape index (κ2) is 9.73. The standard InChI is InChI=1S/C18H23F5O2/c1-2-3-4-5-6-10-13-15(17(19,20)18(21,22)23)25-16(24)14-11-8-7-9-12-14/h7-9,11-12,15H,2-6,10,13H2,1H3. The van der Waals surface area contributed by atoms with E-state index in [9.17, 15) is 26.7 Å². The number of ether oxygens (including phenoxy) is 1. The minimum Gasteiger partial charge on any atom is -0.452 e. The predicted octanol–water partition coefficient (Wildman–Crippen LogP) is 6.16. The van der Waals surface area contributed by atoms with Crippen LogP contribution in [0.1, 0.15) is 62.2 Å². The first-order chi connectivity index (χ1) is 11.7. The molecular weight excluding hydrogens is 343 g/mol. The summed E-state index contributed by atoms with van der Waals surface area (Å²) in [4.78, 5) is 11.9. The summed E-state index contributed by atoms with van der Waals surface area (Å²) in [6.07, 6.45) is -4.50. The zero-order valence-corrected chi connectivity index (χ0v) is 14.1. The molecule has 0 heterocycles. The molecule has 0 spiro atoms. The van der Waals surface area contributed by atoms with Gasteiger partial charge in [0.15, 0.2) is 6.10 Å². The molecule has 0 radical (unpaired) electrons. The summed E-state index contributed by atoms with van der Waals surface area (Å²) >= 11 is 0. The Bertz CT molecular complexity index is 514. The third kappa shape index (κ3) is 6.63. The Morgan fingerprint density at radius 1 is 0.960 bits per heavy atom. The molecule has 7 heteroatoms. The van der Waals surface area contributed by atoms with Gasteiger partial charge < -0.3 is 4.74 Å². The quantitative estimate of drug-likeness (QED) is 0.282. The Morgan fingerprint density at radius 2 is 1.52 bits per heavy atom. The van der Waals surface area contributed by atoms with E-state index in [-0.39, 0.29) is 12.0 Å². The van der Waals surface area contributed by atoms with E-state index in [0.717, 1.165) is 25.7 Å². The molecule has 0 fully saturated rings.